The first-order valence-electron chi connectivity index (χ1n) is 16.6. The highest BCUT2D eigenvalue weighted by molar-refractivity contribution is 7.92. The van der Waals surface area contributed by atoms with Gasteiger partial charge in [-0.2, -0.15) is 0 Å². The van der Waals surface area contributed by atoms with Crippen LogP contribution < -0.4 is 0 Å². The summed E-state index contributed by atoms with van der Waals surface area (Å²) in [4.78, 5) is 12.8. The van der Waals surface area contributed by atoms with E-state index in [0.29, 0.717) is 41.9 Å². The molecule has 0 amide bonds. The van der Waals surface area contributed by atoms with Gasteiger partial charge in [0.2, 0.25) is 0 Å². The molecule has 4 fully saturated rings. The van der Waals surface area contributed by atoms with Gasteiger partial charge in [0.05, 0.1) is 23.7 Å². The minimum Gasteiger partial charge on any atom is -0.465 e. The Bertz CT molecular complexity index is 1430. The molecule has 0 saturated heterocycles. The number of fused-ring (bicyclic) bond motifs is 6. The number of hydrogen-bond acceptors (Lipinski definition) is 7. The zero-order chi connectivity index (χ0) is 30.7. The highest BCUT2D eigenvalue weighted by atomic mass is 32.2. The predicted molar refractivity (Wildman–Crippen MR) is 170 cm³/mol. The van der Waals surface area contributed by atoms with E-state index in [1.807, 2.05) is 11.4 Å². The number of sulfone groups is 1. The van der Waals surface area contributed by atoms with Gasteiger partial charge in [-0.25, -0.2) is 8.42 Å². The van der Waals surface area contributed by atoms with E-state index in [1.54, 1.807) is 18.2 Å². The molecule has 1 aromatic carbocycles. The lowest BCUT2D eigenvalue weighted by Gasteiger charge is -2.64. The molecule has 0 unspecified atom stereocenters. The summed E-state index contributed by atoms with van der Waals surface area (Å²) in [6, 6.07) is 6.93. The first kappa shape index (κ1) is 31.5. The number of rotatable bonds is 8. The molecule has 8 heteroatoms. The number of aliphatic hydroxyl groups excluding tert-OH is 2. The highest BCUT2D eigenvalue weighted by Gasteiger charge is 2.64. The van der Waals surface area contributed by atoms with E-state index in [0.717, 1.165) is 61.5 Å². The third-order valence-corrected chi connectivity index (χ3v) is 15.5. The Morgan fingerprint density at radius 3 is 2.56 bits per heavy atom. The maximum absolute atomic E-state index is 12.9. The Kier molecular flexibility index (Phi) is 8.58. The lowest BCUT2D eigenvalue weighted by atomic mass is 9.41. The van der Waals surface area contributed by atoms with Crippen molar-refractivity contribution in [3.05, 3.63) is 29.6 Å². The van der Waals surface area contributed by atoms with E-state index in [4.69, 9.17) is 4.74 Å². The summed E-state index contributed by atoms with van der Waals surface area (Å²) in [6.45, 7) is 9.63. The summed E-state index contributed by atoms with van der Waals surface area (Å²) >= 11 is 1.48. The van der Waals surface area contributed by atoms with E-state index in [1.165, 1.54) is 11.3 Å². The van der Waals surface area contributed by atoms with Crippen LogP contribution >= 0.6 is 11.3 Å². The van der Waals surface area contributed by atoms with Crippen molar-refractivity contribution >= 4 is 37.2 Å². The Labute approximate surface area is 261 Å². The molecule has 4 aliphatic carbocycles. The van der Waals surface area contributed by atoms with Crippen molar-refractivity contribution in [1.29, 1.82) is 0 Å². The van der Waals surface area contributed by atoms with Crippen LogP contribution in [0.5, 0.6) is 0 Å². The van der Waals surface area contributed by atoms with Crippen LogP contribution in [0.1, 0.15) is 85.5 Å². The van der Waals surface area contributed by atoms with Crippen LogP contribution in [-0.2, 0) is 19.4 Å². The molecular formula is C35H50O6S2. The summed E-state index contributed by atoms with van der Waals surface area (Å²) in [5.41, 5.74) is 0.337. The molecule has 1 heterocycles. The Balaban J connectivity index is 1.08. The van der Waals surface area contributed by atoms with Gasteiger partial charge >= 0.3 is 5.97 Å². The molecule has 0 aliphatic heterocycles. The number of benzene rings is 1. The minimum atomic E-state index is -3.77. The van der Waals surface area contributed by atoms with Crippen LogP contribution in [0.15, 0.2) is 34.5 Å². The lowest BCUT2D eigenvalue weighted by Crippen LogP contribution is -2.62. The van der Waals surface area contributed by atoms with Crippen molar-refractivity contribution < 1.29 is 28.2 Å². The van der Waals surface area contributed by atoms with Gasteiger partial charge in [-0.05, 0) is 133 Å². The van der Waals surface area contributed by atoms with Crippen LogP contribution in [0.2, 0.25) is 0 Å². The van der Waals surface area contributed by atoms with Crippen LogP contribution in [-0.4, -0.2) is 49.2 Å². The molecule has 2 N–H and O–H groups in total. The van der Waals surface area contributed by atoms with E-state index >= 15 is 0 Å². The van der Waals surface area contributed by atoms with E-state index in [2.05, 4.69) is 27.7 Å². The molecule has 238 valence electrons. The Hall–Kier alpha value is -1.48. The third kappa shape index (κ3) is 5.40. The third-order valence-electron chi connectivity index (χ3n) is 13.1. The summed E-state index contributed by atoms with van der Waals surface area (Å²) < 4.78 is 32.2. The molecule has 0 bridgehead atoms. The SMILES string of the molecule is CC[C@H]1[C@@H](O)[C@@H]2[C@H](CC[C@]3(C)[C@@H]([C@H](C)CCOC(=O)CS(=O)(=O)c4ccc5ccsc5c4)CC[C@@H]23)[C@@]2(C)CC[C@@H](O)C[C@@H]12. The first-order valence-corrected chi connectivity index (χ1v) is 19.1. The normalized spacial score (nSPS) is 40.0. The smallest absolute Gasteiger partial charge is 0.321 e. The van der Waals surface area contributed by atoms with Gasteiger partial charge in [0.15, 0.2) is 15.6 Å². The second-order valence-electron chi connectivity index (χ2n) is 15.0. The number of aliphatic hydroxyl groups is 2. The fourth-order valence-electron chi connectivity index (χ4n) is 10.9. The molecule has 4 aliphatic rings. The van der Waals surface area contributed by atoms with Crippen molar-refractivity contribution in [3.63, 3.8) is 0 Å². The number of carbonyl (C=O) groups is 1. The first-order chi connectivity index (χ1) is 20.4. The summed E-state index contributed by atoms with van der Waals surface area (Å²) in [5.74, 6) is 1.46. The molecule has 0 spiro atoms. The largest absolute Gasteiger partial charge is 0.465 e. The fourth-order valence-corrected chi connectivity index (χ4v) is 12.9. The van der Waals surface area contributed by atoms with Crippen molar-refractivity contribution in [3.8, 4) is 0 Å². The van der Waals surface area contributed by atoms with E-state index in [-0.39, 0.29) is 40.5 Å². The zero-order valence-corrected chi connectivity index (χ0v) is 27.8. The molecule has 4 saturated carbocycles. The maximum atomic E-state index is 12.9. The summed E-state index contributed by atoms with van der Waals surface area (Å²) in [7, 11) is -3.77. The second kappa shape index (κ2) is 11.7. The molecule has 1 aromatic heterocycles. The molecular weight excluding hydrogens is 581 g/mol. The average Bonchev–Trinajstić information content (AvgIpc) is 3.57. The van der Waals surface area contributed by atoms with Crippen molar-refractivity contribution in [2.75, 3.05) is 12.4 Å². The van der Waals surface area contributed by atoms with E-state index < -0.39 is 21.6 Å². The number of carbonyl (C=O) groups excluding carboxylic acids is 1. The molecule has 0 radical (unpaired) electrons. The van der Waals surface area contributed by atoms with Gasteiger partial charge in [0.25, 0.3) is 0 Å². The maximum Gasteiger partial charge on any atom is 0.321 e. The van der Waals surface area contributed by atoms with Crippen molar-refractivity contribution in [1.82, 2.24) is 0 Å². The van der Waals surface area contributed by atoms with Gasteiger partial charge in [-0.15, -0.1) is 11.3 Å². The van der Waals surface area contributed by atoms with Crippen LogP contribution in [0, 0.1) is 52.3 Å². The lowest BCUT2D eigenvalue weighted by molar-refractivity contribution is -0.203. The van der Waals surface area contributed by atoms with Crippen LogP contribution in [0.25, 0.3) is 10.1 Å². The molecule has 6 rings (SSSR count). The molecule has 11 atom stereocenters. The monoisotopic (exact) mass is 630 g/mol. The number of esters is 1. The van der Waals surface area contributed by atoms with Gasteiger partial charge in [-0.3, -0.25) is 4.79 Å². The topological polar surface area (TPSA) is 101 Å². The average molecular weight is 631 g/mol. The fraction of sp³-hybridized carbons (Fsp3) is 0.743. The van der Waals surface area contributed by atoms with Gasteiger partial charge in [0.1, 0.15) is 0 Å². The molecule has 2 aromatic rings. The van der Waals surface area contributed by atoms with Crippen LogP contribution in [0.4, 0.5) is 0 Å². The zero-order valence-electron chi connectivity index (χ0n) is 26.2. The number of thiophene rings is 1. The highest BCUT2D eigenvalue weighted by Crippen LogP contribution is 2.69. The van der Waals surface area contributed by atoms with Crippen molar-refractivity contribution in [2.45, 2.75) is 103 Å². The summed E-state index contributed by atoms with van der Waals surface area (Å²) in [5, 5.41) is 25.4. The quantitative estimate of drug-likeness (QED) is 0.309. The second-order valence-corrected chi connectivity index (χ2v) is 17.9. The molecule has 43 heavy (non-hydrogen) atoms. The minimum absolute atomic E-state index is 0.144. The Morgan fingerprint density at radius 2 is 1.79 bits per heavy atom. The van der Waals surface area contributed by atoms with Crippen molar-refractivity contribution in [2.24, 2.45) is 52.3 Å². The predicted octanol–water partition coefficient (Wildman–Crippen LogP) is 6.87. The standard InChI is InChI=1S/C35H50O6S2/c1-5-25-29-18-23(36)10-14-35(29,4)28-11-15-34(3)26(8-9-27(34)32(28)33(25)38)21(2)12-16-41-31(37)20-43(39,40)24-7-6-22-13-17-42-30(22)19-24/h6-7,13,17,19,21,23,25-29,32-33,36,38H,5,8-12,14-16,18,20H2,1-4H3/t21-,23-,25-,26-,27+,28+,29+,32+,33-,34-,35-/m1/s1. The number of ether oxygens (including phenoxy) is 1. The number of hydrogen-bond donors (Lipinski definition) is 2. The molecule has 6 nitrogen and oxygen atoms in total. The Morgan fingerprint density at radius 1 is 1.05 bits per heavy atom. The van der Waals surface area contributed by atoms with Crippen LogP contribution in [0.3, 0.4) is 0 Å². The summed E-state index contributed by atoms with van der Waals surface area (Å²) in [6.07, 6.45) is 8.49. The van der Waals surface area contributed by atoms with E-state index in [9.17, 15) is 23.4 Å². The van der Waals surface area contributed by atoms with Gasteiger partial charge in [-0.1, -0.05) is 40.2 Å². The van der Waals surface area contributed by atoms with Gasteiger partial charge < -0.3 is 14.9 Å². The van der Waals surface area contributed by atoms with Gasteiger partial charge in [0, 0.05) is 4.70 Å².